The van der Waals surface area contributed by atoms with E-state index in [1.54, 1.807) is 0 Å². The summed E-state index contributed by atoms with van der Waals surface area (Å²) in [7, 11) is 0. The highest BCUT2D eigenvalue weighted by Crippen LogP contribution is 2.21. The van der Waals surface area contributed by atoms with Gasteiger partial charge in [-0.2, -0.15) is 0 Å². The third kappa shape index (κ3) is 1.81. The first-order valence-electron chi connectivity index (χ1n) is 3.34. The van der Waals surface area contributed by atoms with E-state index in [4.69, 9.17) is 5.11 Å². The second-order valence-electron chi connectivity index (χ2n) is 2.31. The van der Waals surface area contributed by atoms with Crippen LogP contribution in [0.3, 0.4) is 0 Å². The summed E-state index contributed by atoms with van der Waals surface area (Å²) >= 11 is 2.94. The van der Waals surface area contributed by atoms with Gasteiger partial charge in [-0.15, -0.1) is 0 Å². The molecule has 1 aromatic carbocycles. The number of hydrogen-bond acceptors (Lipinski definition) is 1. The maximum absolute atomic E-state index is 12.9. The van der Waals surface area contributed by atoms with Gasteiger partial charge in [-0.05, 0) is 12.1 Å². The molecule has 0 heterocycles. The number of alkyl halides is 1. The summed E-state index contributed by atoms with van der Waals surface area (Å²) in [6.45, 7) is 0. The Hall–Kier alpha value is -0.480. The van der Waals surface area contributed by atoms with E-state index in [0.29, 0.717) is 0 Å². The van der Waals surface area contributed by atoms with Crippen LogP contribution in [0.5, 0.6) is 0 Å². The van der Waals surface area contributed by atoms with Crippen LogP contribution < -0.4 is 0 Å². The molecule has 0 amide bonds. The van der Waals surface area contributed by atoms with Gasteiger partial charge in [-0.1, -0.05) is 22.0 Å². The highest BCUT2D eigenvalue weighted by atomic mass is 79.9. The van der Waals surface area contributed by atoms with Crippen molar-refractivity contribution in [3.63, 3.8) is 0 Å². The minimum Gasteiger partial charge on any atom is -0.387 e. The van der Waals surface area contributed by atoms with Gasteiger partial charge in [0.1, 0.15) is 11.6 Å². The van der Waals surface area contributed by atoms with E-state index in [9.17, 15) is 8.78 Å². The Morgan fingerprint density at radius 1 is 1.33 bits per heavy atom. The summed E-state index contributed by atoms with van der Waals surface area (Å²) in [5.41, 5.74) is -0.283. The first-order chi connectivity index (χ1) is 5.66. The molecule has 0 aliphatic heterocycles. The second kappa shape index (κ2) is 3.96. The molecule has 12 heavy (non-hydrogen) atoms. The van der Waals surface area contributed by atoms with Crippen LogP contribution >= 0.6 is 15.9 Å². The lowest BCUT2D eigenvalue weighted by Crippen LogP contribution is -2.04. The number of benzene rings is 1. The fraction of sp³-hybridized carbons (Fsp3) is 0.250. The quantitative estimate of drug-likeness (QED) is 0.783. The minimum absolute atomic E-state index is 0.116. The molecular formula is C8H7BrF2O. The lowest BCUT2D eigenvalue weighted by molar-refractivity contribution is 0.194. The highest BCUT2D eigenvalue weighted by molar-refractivity contribution is 9.09. The Bertz CT molecular complexity index is 258. The molecule has 1 nitrogen and oxygen atoms in total. The molecule has 1 N–H and O–H groups in total. The lowest BCUT2D eigenvalue weighted by Gasteiger charge is -2.08. The molecule has 1 unspecified atom stereocenters. The Balaban J connectivity index is 3.12. The van der Waals surface area contributed by atoms with Crippen LogP contribution in [-0.2, 0) is 0 Å². The predicted octanol–water partition coefficient (Wildman–Crippen LogP) is 2.39. The zero-order chi connectivity index (χ0) is 9.14. The predicted molar refractivity (Wildman–Crippen MR) is 45.1 cm³/mol. The van der Waals surface area contributed by atoms with Gasteiger partial charge in [0.25, 0.3) is 0 Å². The first kappa shape index (κ1) is 9.61. The highest BCUT2D eigenvalue weighted by Gasteiger charge is 2.15. The Kier molecular flexibility index (Phi) is 3.17. The number of halogens is 3. The molecule has 0 aliphatic rings. The van der Waals surface area contributed by atoms with E-state index < -0.39 is 17.7 Å². The largest absolute Gasteiger partial charge is 0.387 e. The van der Waals surface area contributed by atoms with Crippen molar-refractivity contribution in [2.24, 2.45) is 0 Å². The van der Waals surface area contributed by atoms with Crippen molar-refractivity contribution in [3.8, 4) is 0 Å². The summed E-state index contributed by atoms with van der Waals surface area (Å²) in [5.74, 6) is -1.44. The summed E-state index contributed by atoms with van der Waals surface area (Å²) in [5, 5.41) is 9.28. The van der Waals surface area contributed by atoms with E-state index in [0.717, 1.165) is 12.1 Å². The lowest BCUT2D eigenvalue weighted by atomic mass is 10.1. The number of aliphatic hydroxyl groups is 1. The normalized spacial score (nSPS) is 13.0. The van der Waals surface area contributed by atoms with Crippen LogP contribution in [0.2, 0.25) is 0 Å². The molecule has 4 heteroatoms. The second-order valence-corrected chi connectivity index (χ2v) is 2.95. The van der Waals surface area contributed by atoms with E-state index in [1.165, 1.54) is 6.07 Å². The first-order valence-corrected chi connectivity index (χ1v) is 4.47. The number of rotatable bonds is 2. The average molecular weight is 237 g/mol. The van der Waals surface area contributed by atoms with Crippen molar-refractivity contribution in [2.75, 3.05) is 5.33 Å². The van der Waals surface area contributed by atoms with Gasteiger partial charge in [0.2, 0.25) is 0 Å². The van der Waals surface area contributed by atoms with Crippen molar-refractivity contribution in [3.05, 3.63) is 35.4 Å². The summed E-state index contributed by atoms with van der Waals surface area (Å²) in [6.07, 6.45) is -1.13. The van der Waals surface area contributed by atoms with Gasteiger partial charge in [-0.3, -0.25) is 0 Å². The third-order valence-electron chi connectivity index (χ3n) is 1.48. The zero-order valence-corrected chi connectivity index (χ0v) is 7.68. The van der Waals surface area contributed by atoms with Gasteiger partial charge >= 0.3 is 0 Å². The van der Waals surface area contributed by atoms with Crippen molar-refractivity contribution in [1.29, 1.82) is 0 Å². The van der Waals surface area contributed by atoms with Gasteiger partial charge in [0, 0.05) is 5.33 Å². The molecular weight excluding hydrogens is 230 g/mol. The summed E-state index contributed by atoms with van der Waals surface area (Å²) in [6, 6.07) is 3.49. The third-order valence-corrected chi connectivity index (χ3v) is 2.09. The molecule has 0 saturated carbocycles. The smallest absolute Gasteiger partial charge is 0.131 e. The van der Waals surface area contributed by atoms with E-state index in [2.05, 4.69) is 15.9 Å². The topological polar surface area (TPSA) is 20.2 Å². The monoisotopic (exact) mass is 236 g/mol. The van der Waals surface area contributed by atoms with E-state index >= 15 is 0 Å². The fourth-order valence-corrected chi connectivity index (χ4v) is 1.23. The average Bonchev–Trinajstić information content (AvgIpc) is 2.03. The van der Waals surface area contributed by atoms with Crippen molar-refractivity contribution < 1.29 is 13.9 Å². The van der Waals surface area contributed by atoms with Crippen molar-refractivity contribution >= 4 is 15.9 Å². The van der Waals surface area contributed by atoms with Crippen molar-refractivity contribution in [2.45, 2.75) is 6.10 Å². The van der Waals surface area contributed by atoms with Gasteiger partial charge in [-0.25, -0.2) is 8.78 Å². The Morgan fingerprint density at radius 2 is 1.83 bits per heavy atom. The molecule has 1 aromatic rings. The summed E-state index contributed by atoms with van der Waals surface area (Å²) in [4.78, 5) is 0. The molecule has 0 fully saturated rings. The fourth-order valence-electron chi connectivity index (χ4n) is 0.906. The molecule has 0 spiro atoms. The van der Waals surface area contributed by atoms with Gasteiger partial charge in [0.15, 0.2) is 0 Å². The number of aliphatic hydroxyl groups excluding tert-OH is 1. The maximum atomic E-state index is 12.9. The number of hydrogen-bond donors (Lipinski definition) is 1. The zero-order valence-electron chi connectivity index (χ0n) is 6.10. The van der Waals surface area contributed by atoms with Crippen LogP contribution in [0.25, 0.3) is 0 Å². The Morgan fingerprint density at radius 3 is 2.25 bits per heavy atom. The van der Waals surface area contributed by atoms with Crippen LogP contribution in [0, 0.1) is 11.6 Å². The van der Waals surface area contributed by atoms with E-state index in [1.807, 2.05) is 0 Å². The standard InChI is InChI=1S/C8H7BrF2O/c9-4-7(12)8-5(10)2-1-3-6(8)11/h1-3,7,12H,4H2. The van der Waals surface area contributed by atoms with Gasteiger partial charge < -0.3 is 5.11 Å². The van der Waals surface area contributed by atoms with Crippen LogP contribution in [-0.4, -0.2) is 10.4 Å². The van der Waals surface area contributed by atoms with E-state index in [-0.39, 0.29) is 10.9 Å². The maximum Gasteiger partial charge on any atom is 0.131 e. The molecule has 0 aliphatic carbocycles. The molecule has 0 saturated heterocycles. The minimum atomic E-state index is -1.13. The molecule has 0 bridgehead atoms. The van der Waals surface area contributed by atoms with Crippen LogP contribution in [0.1, 0.15) is 11.7 Å². The van der Waals surface area contributed by atoms with Gasteiger partial charge in [0.05, 0.1) is 11.7 Å². The molecule has 1 atom stereocenters. The molecule has 0 radical (unpaired) electrons. The summed E-state index contributed by atoms with van der Waals surface area (Å²) < 4.78 is 25.7. The SMILES string of the molecule is OC(CBr)c1c(F)cccc1F. The molecule has 66 valence electrons. The van der Waals surface area contributed by atoms with Crippen molar-refractivity contribution in [1.82, 2.24) is 0 Å². The molecule has 0 aromatic heterocycles. The Labute approximate surface area is 77.2 Å². The molecule has 1 rings (SSSR count). The van der Waals surface area contributed by atoms with Crippen LogP contribution in [0.15, 0.2) is 18.2 Å². The van der Waals surface area contributed by atoms with Crippen LogP contribution in [0.4, 0.5) is 8.78 Å².